The van der Waals surface area contributed by atoms with Gasteiger partial charge in [0.2, 0.25) is 0 Å². The molecule has 6 heteroatoms. The van der Waals surface area contributed by atoms with Gasteiger partial charge in [-0.05, 0) is 74.6 Å². The molecule has 3 aliphatic carbocycles. The largest absolute Gasteiger partial charge is 0.366 e. The molecule has 2 aromatic rings. The Hall–Kier alpha value is -2.44. The number of nitrogens with zero attached hydrogens (tertiary/aromatic N) is 3. The molecule has 2 aliphatic heterocycles. The third kappa shape index (κ3) is 4.03. The lowest BCUT2D eigenvalue weighted by Crippen LogP contribution is -2.71. The minimum Gasteiger partial charge on any atom is -0.366 e. The van der Waals surface area contributed by atoms with Crippen molar-refractivity contribution >= 4 is 16.7 Å². The number of likely N-dealkylation sites (tertiary alicyclic amines) is 1. The topological polar surface area (TPSA) is 46.7 Å². The van der Waals surface area contributed by atoms with Gasteiger partial charge >= 0.3 is 0 Å². The van der Waals surface area contributed by atoms with Crippen molar-refractivity contribution in [3.8, 4) is 0 Å². The average molecular weight is 490 g/mol. The van der Waals surface area contributed by atoms with Gasteiger partial charge in [-0.1, -0.05) is 30.9 Å². The summed E-state index contributed by atoms with van der Waals surface area (Å²) < 4.78 is 12.6. The molecule has 2 bridgehead atoms. The second kappa shape index (κ2) is 9.46. The smallest absolute Gasteiger partial charge is 0.120 e. The molecule has 0 spiro atoms. The predicted molar refractivity (Wildman–Crippen MR) is 146 cm³/mol. The lowest BCUT2D eigenvalue weighted by atomic mass is 9.48. The van der Waals surface area contributed by atoms with Gasteiger partial charge in [0.1, 0.15) is 5.84 Å². The summed E-state index contributed by atoms with van der Waals surface area (Å²) in [4.78, 5) is 13.5. The van der Waals surface area contributed by atoms with E-state index in [-0.39, 0.29) is 12.7 Å². The van der Waals surface area contributed by atoms with Gasteiger partial charge in [0.05, 0.1) is 12.7 Å². The van der Waals surface area contributed by atoms with Gasteiger partial charge in [-0.25, -0.2) is 0 Å². The Bertz CT molecular complexity index is 1180. The van der Waals surface area contributed by atoms with Crippen molar-refractivity contribution in [1.82, 2.24) is 20.1 Å². The van der Waals surface area contributed by atoms with Crippen LogP contribution in [0.15, 0.2) is 53.6 Å². The normalized spacial score (nSPS) is 32.5. The molecule has 3 atom stereocenters. The Morgan fingerprint density at radius 2 is 2.08 bits per heavy atom. The first kappa shape index (κ1) is 23.9. The van der Waals surface area contributed by atoms with Crippen LogP contribution in [0.2, 0.25) is 0 Å². The molecule has 2 N–H and O–H groups in total. The molecule has 1 aromatic heterocycles. The van der Waals surface area contributed by atoms with E-state index < -0.39 is 0 Å². The van der Waals surface area contributed by atoms with Crippen molar-refractivity contribution in [2.75, 3.05) is 33.4 Å². The maximum atomic E-state index is 12.6. The van der Waals surface area contributed by atoms with Crippen molar-refractivity contribution in [2.45, 2.75) is 69.1 Å². The number of nitrogens with one attached hydrogen (secondary N) is 2. The summed E-state index contributed by atoms with van der Waals surface area (Å²) in [7, 11) is 1.85. The number of hydrogen-bond donors (Lipinski definition) is 2. The highest BCUT2D eigenvalue weighted by Crippen LogP contribution is 2.64. The summed E-state index contributed by atoms with van der Waals surface area (Å²) in [6.07, 6.45) is 11.1. The standard InChI is InChI=1S/C30H40FN5/c1-20(9-10-27(32-3)33-23-11-14-35(19-23)13-6-12-31)29-28-25(24-7-4-5-8-26(24)34-28)15-21(2)36(29)30-16-22(17-30)18-30/h4-5,7-10,21-23,29,34H,1,6,11-19H2,2-3H3,(H,32,33)/b10-9-/t21-,22?,23+,29-,30?/m1/s1. The lowest BCUT2D eigenvalue weighted by Gasteiger charge is -2.70. The van der Waals surface area contributed by atoms with E-state index in [9.17, 15) is 4.39 Å². The number of halogens is 1. The number of H-pyrrole nitrogens is 1. The van der Waals surface area contributed by atoms with E-state index in [1.807, 2.05) is 7.05 Å². The van der Waals surface area contributed by atoms with Crippen LogP contribution in [0.3, 0.4) is 0 Å². The fourth-order valence-corrected chi connectivity index (χ4v) is 7.43. The van der Waals surface area contributed by atoms with Crippen molar-refractivity contribution < 1.29 is 4.39 Å². The Morgan fingerprint density at radius 3 is 2.81 bits per heavy atom. The van der Waals surface area contributed by atoms with E-state index in [0.29, 0.717) is 24.0 Å². The summed E-state index contributed by atoms with van der Waals surface area (Å²) >= 11 is 0. The molecule has 36 heavy (non-hydrogen) atoms. The molecule has 1 aromatic carbocycles. The lowest BCUT2D eigenvalue weighted by molar-refractivity contribution is -0.174. The summed E-state index contributed by atoms with van der Waals surface area (Å²) in [6, 6.07) is 9.73. The molecule has 0 amide bonds. The molecule has 0 radical (unpaired) electrons. The zero-order valence-corrected chi connectivity index (χ0v) is 21.8. The number of aromatic amines is 1. The highest BCUT2D eigenvalue weighted by Gasteiger charge is 2.63. The van der Waals surface area contributed by atoms with Crippen LogP contribution < -0.4 is 5.32 Å². The number of alkyl halides is 1. The van der Waals surface area contributed by atoms with Gasteiger partial charge in [0.15, 0.2) is 0 Å². The highest BCUT2D eigenvalue weighted by molar-refractivity contribution is 5.93. The van der Waals surface area contributed by atoms with Crippen LogP contribution in [0.4, 0.5) is 4.39 Å². The van der Waals surface area contributed by atoms with E-state index in [1.54, 1.807) is 0 Å². The summed E-state index contributed by atoms with van der Waals surface area (Å²) in [5, 5.41) is 4.97. The van der Waals surface area contributed by atoms with E-state index in [4.69, 9.17) is 0 Å². The van der Waals surface area contributed by atoms with Gasteiger partial charge in [0.25, 0.3) is 0 Å². The third-order valence-electron chi connectivity index (χ3n) is 9.21. The van der Waals surface area contributed by atoms with Gasteiger partial charge in [-0.15, -0.1) is 0 Å². The minimum absolute atomic E-state index is 0.162. The van der Waals surface area contributed by atoms with Crippen molar-refractivity contribution in [1.29, 1.82) is 0 Å². The van der Waals surface area contributed by atoms with E-state index in [1.165, 1.54) is 41.4 Å². The number of hydrogen-bond acceptors (Lipinski definition) is 3. The second-order valence-corrected chi connectivity index (χ2v) is 11.6. The second-order valence-electron chi connectivity index (χ2n) is 11.6. The summed E-state index contributed by atoms with van der Waals surface area (Å²) in [5.41, 5.74) is 5.50. The number of amidine groups is 1. The Balaban J connectivity index is 1.23. The predicted octanol–water partition coefficient (Wildman–Crippen LogP) is 5.17. The molecule has 192 valence electrons. The maximum Gasteiger partial charge on any atom is 0.120 e. The van der Waals surface area contributed by atoms with Crippen LogP contribution in [-0.4, -0.2) is 71.6 Å². The first-order chi connectivity index (χ1) is 17.5. The van der Waals surface area contributed by atoms with Crippen LogP contribution >= 0.6 is 0 Å². The van der Waals surface area contributed by atoms with Crippen molar-refractivity contribution in [3.63, 3.8) is 0 Å². The van der Waals surface area contributed by atoms with Crippen LogP contribution in [0.1, 0.15) is 56.3 Å². The van der Waals surface area contributed by atoms with Crippen molar-refractivity contribution in [3.05, 3.63) is 59.8 Å². The number of aromatic nitrogens is 1. The highest BCUT2D eigenvalue weighted by atomic mass is 19.1. The molecule has 7 rings (SSSR count). The SMILES string of the molecule is C=C(/C=C\C(=NC)N[C@H]1CCN(CCCF)C1)[C@@H]1c2[nH]c3ccccc3c2C[C@@H](C)N1C12CC(C1)C2. The molecule has 1 saturated heterocycles. The van der Waals surface area contributed by atoms with Gasteiger partial charge in [-0.3, -0.25) is 14.3 Å². The number of fused-ring (bicyclic) bond motifs is 3. The first-order valence-corrected chi connectivity index (χ1v) is 13.8. The molecule has 0 unspecified atom stereocenters. The number of benzene rings is 1. The third-order valence-corrected chi connectivity index (χ3v) is 9.21. The van der Waals surface area contributed by atoms with E-state index >= 15 is 0 Å². The molecule has 4 fully saturated rings. The minimum atomic E-state index is -0.238. The van der Waals surface area contributed by atoms with Gasteiger partial charge in [-0.2, -0.15) is 0 Å². The fourth-order valence-electron chi connectivity index (χ4n) is 7.43. The van der Waals surface area contributed by atoms with Crippen LogP contribution in [-0.2, 0) is 6.42 Å². The molecule has 5 nitrogen and oxygen atoms in total. The quantitative estimate of drug-likeness (QED) is 0.305. The van der Waals surface area contributed by atoms with Crippen LogP contribution in [0.5, 0.6) is 0 Å². The van der Waals surface area contributed by atoms with Crippen molar-refractivity contribution in [2.24, 2.45) is 10.9 Å². The molecule has 3 saturated carbocycles. The fraction of sp³-hybridized carbons (Fsp3) is 0.567. The van der Waals surface area contributed by atoms with Crippen LogP contribution in [0.25, 0.3) is 10.9 Å². The number of rotatable bonds is 8. The van der Waals surface area contributed by atoms with E-state index in [0.717, 1.165) is 49.8 Å². The zero-order valence-electron chi connectivity index (χ0n) is 21.8. The molecular formula is C30H40FN5. The zero-order chi connectivity index (χ0) is 24.9. The van der Waals surface area contributed by atoms with Gasteiger partial charge < -0.3 is 15.2 Å². The Labute approximate surface area is 214 Å². The monoisotopic (exact) mass is 489 g/mol. The summed E-state index contributed by atoms with van der Waals surface area (Å²) in [5.74, 6) is 1.83. The number of aliphatic imine (C=N–C) groups is 1. The Kier molecular flexibility index (Phi) is 6.29. The maximum absolute atomic E-state index is 12.6. The molecule has 5 aliphatic rings. The molecule has 3 heterocycles. The van der Waals surface area contributed by atoms with Gasteiger partial charge in [0, 0.05) is 60.9 Å². The summed E-state index contributed by atoms with van der Waals surface area (Å²) in [6.45, 7) is 9.61. The van der Waals surface area contributed by atoms with Crippen LogP contribution in [0, 0.1) is 5.92 Å². The average Bonchev–Trinajstić information content (AvgIpc) is 3.42. The van der Waals surface area contributed by atoms with E-state index in [2.05, 4.69) is 75.0 Å². The number of para-hydroxylation sites is 1. The first-order valence-electron chi connectivity index (χ1n) is 13.8. The molecular weight excluding hydrogens is 449 g/mol. The Morgan fingerprint density at radius 1 is 1.28 bits per heavy atom.